The van der Waals surface area contributed by atoms with Gasteiger partial charge in [-0.3, -0.25) is 0 Å². The molecule has 0 atom stereocenters. The van der Waals surface area contributed by atoms with E-state index in [4.69, 9.17) is 138 Å². The van der Waals surface area contributed by atoms with Gasteiger partial charge >= 0.3 is 18.3 Å². The minimum Gasteiger partial charge on any atom is -0.444 e. The molecule has 8 aromatic rings. The molecule has 40 heteroatoms. The third kappa shape index (κ3) is 42.5. The number of nitrogens with two attached hydrogens (primary N) is 1. The average molecular weight is 2070 g/mol. The number of rotatable bonds is 11. The minimum absolute atomic E-state index is 0.0625. The molecule has 7 N–H and O–H groups in total. The Morgan fingerprint density at radius 1 is 0.312 bits per heavy atom. The van der Waals surface area contributed by atoms with Crippen molar-refractivity contribution < 1.29 is 28.6 Å². The first-order chi connectivity index (χ1) is 66.0. The van der Waals surface area contributed by atoms with Crippen LogP contribution in [0.1, 0.15) is 175 Å². The maximum atomic E-state index is 12.4. The van der Waals surface area contributed by atoms with Crippen molar-refractivity contribution in [1.29, 1.82) is 0 Å². The number of aryl methyl sites for hydroxylation is 3. The van der Waals surface area contributed by atoms with Gasteiger partial charge < -0.3 is 95.5 Å². The predicted molar refractivity (Wildman–Crippen MR) is 568 cm³/mol. The lowest BCUT2D eigenvalue weighted by Gasteiger charge is -2.36. The zero-order valence-corrected chi connectivity index (χ0v) is 88.6. The highest BCUT2D eigenvalue weighted by molar-refractivity contribution is 6.40. The molecule has 0 bridgehead atoms. The van der Waals surface area contributed by atoms with Crippen LogP contribution in [-0.4, -0.2) is 275 Å². The first kappa shape index (κ1) is 113. The van der Waals surface area contributed by atoms with Crippen molar-refractivity contribution in [3.05, 3.63) is 151 Å². The Morgan fingerprint density at radius 2 is 0.580 bits per heavy atom. The summed E-state index contributed by atoms with van der Waals surface area (Å²) in [5.41, 5.74) is 10.7. The number of nitrogens with zero attached hydrogens (tertiary/aromatic N) is 20. The van der Waals surface area contributed by atoms with Crippen molar-refractivity contribution in [3.8, 4) is 0 Å². The Hall–Kier alpha value is -8.93. The van der Waals surface area contributed by atoms with Crippen LogP contribution in [-0.2, 0) is 14.2 Å². The maximum absolute atomic E-state index is 12.4. The van der Waals surface area contributed by atoms with Gasteiger partial charge in [0.25, 0.3) is 0 Å². The molecule has 3 aromatic carbocycles. The van der Waals surface area contributed by atoms with Crippen LogP contribution in [0.5, 0.6) is 0 Å². The highest BCUT2D eigenvalue weighted by Crippen LogP contribution is 2.32. The fraction of sp³-hybridized carbons (Fsp3) is 0.582. The number of hydrogen-bond donors (Lipinski definition) is 6. The van der Waals surface area contributed by atoms with Crippen LogP contribution < -0.4 is 66.6 Å². The van der Waals surface area contributed by atoms with E-state index in [0.717, 1.165) is 163 Å². The normalized spacial score (nSPS) is 16.9. The zero-order chi connectivity index (χ0) is 99.6. The number of carbonyl (C=O) groups is 3. The van der Waals surface area contributed by atoms with Crippen molar-refractivity contribution in [2.75, 3.05) is 226 Å². The Kier molecular flexibility index (Phi) is 47.7. The van der Waals surface area contributed by atoms with Gasteiger partial charge in [0.15, 0.2) is 0 Å². The van der Waals surface area contributed by atoms with Crippen molar-refractivity contribution >= 4 is 181 Å². The van der Waals surface area contributed by atoms with Crippen LogP contribution in [0, 0.1) is 20.8 Å². The molecule has 0 unspecified atom stereocenters. The zero-order valence-electron chi connectivity index (χ0n) is 82.5. The van der Waals surface area contributed by atoms with E-state index in [0.29, 0.717) is 74.6 Å². The molecule has 9 aliphatic heterocycles. The molecule has 138 heavy (non-hydrogen) atoms. The summed E-state index contributed by atoms with van der Waals surface area (Å²) in [6, 6.07) is 33.7. The van der Waals surface area contributed by atoms with Crippen molar-refractivity contribution in [1.82, 2.24) is 80.5 Å². The Bertz CT molecular complexity index is 4780. The van der Waals surface area contributed by atoms with E-state index < -0.39 is 11.2 Å². The van der Waals surface area contributed by atoms with Gasteiger partial charge in [-0.25, -0.2) is 39.3 Å². The lowest BCUT2D eigenvalue weighted by molar-refractivity contribution is 0.0221. The quantitative estimate of drug-likeness (QED) is 0.0230. The Labute approximate surface area is 857 Å². The molecule has 0 spiro atoms. The van der Waals surface area contributed by atoms with E-state index in [1.165, 1.54) is 132 Å². The molecule has 14 heterocycles. The minimum atomic E-state index is -0.489. The molecule has 0 radical (unpaired) electrons. The van der Waals surface area contributed by atoms with Gasteiger partial charge in [0.2, 0.25) is 28.4 Å². The van der Waals surface area contributed by atoms with E-state index in [9.17, 15) is 14.4 Å². The summed E-state index contributed by atoms with van der Waals surface area (Å²) in [5, 5.41) is 18.6. The van der Waals surface area contributed by atoms with Gasteiger partial charge in [-0.1, -0.05) is 106 Å². The molecule has 17 rings (SSSR count). The Balaban J connectivity index is 0.000000185. The van der Waals surface area contributed by atoms with Crippen molar-refractivity contribution in [3.63, 3.8) is 0 Å². The van der Waals surface area contributed by atoms with Crippen LogP contribution in [0.4, 0.5) is 84.2 Å². The van der Waals surface area contributed by atoms with Gasteiger partial charge in [0, 0.05) is 204 Å². The van der Waals surface area contributed by atoms with Gasteiger partial charge in [-0.15, -0.1) is 23.2 Å². The standard InChI is InChI=1S/C25H36N6O2.C20H28N6.C18H28ClN5O2.C9H11Cl2N3.C9H18N2O2.C7H9N.C5H11N.C4HCl3N2.CH2Cl2/c1-19-8-10-20(11-9-19)26-21-18-22(29-12-6-5-7-13-29)28-23(27-21)30-14-16-31(17-15-30)24(32)33-25(2,3)4;1-16-5-7-17(8-6-16)22-18-15-19(25-11-3-2-4-12-25)24-20(23-18)26-13-9-21-10-14-26;1-18(2,3)26-17(25)24-11-9-23(10-12-24)16-20-14(19)13-15(21-16)22-7-5-4-6-8-22;10-7-6-8(13-9(11)12-7)14-4-2-1-3-5-14;1-9(2,3)13-8(12)11-6-4-10-5-7-11;1-6-2-4-7(8)5-3-6;1-2-4-6-5-3-1;5-2-1-3(6)9-4(7)8-2;2-1-3/h8-11,18H,5-7,12-17H2,1-4H3,(H,26,27,28);5-8,15,21H,2-4,9-14H2,1H3,(H,22,23,24);13H,4-12H2,1-3H3;6H,1-5H2;10H,4-7H2,1-3H3;2-5H,8H2,1H3;6H,1-5H2;1H;1H2. The number of anilines is 12. The summed E-state index contributed by atoms with van der Waals surface area (Å²) in [5.74, 6) is 7.59. The van der Waals surface area contributed by atoms with Crippen molar-refractivity contribution in [2.24, 2.45) is 0 Å². The average Bonchev–Trinajstić information content (AvgIpc) is 0.886. The number of ether oxygens (including phenoxy) is 3. The van der Waals surface area contributed by atoms with E-state index in [1.54, 1.807) is 20.8 Å². The first-order valence-electron chi connectivity index (χ1n) is 48.3. The van der Waals surface area contributed by atoms with Crippen LogP contribution in [0.3, 0.4) is 0 Å². The van der Waals surface area contributed by atoms with E-state index in [-0.39, 0.29) is 50.1 Å². The molecule has 0 aliphatic carbocycles. The van der Waals surface area contributed by atoms with Crippen LogP contribution in [0.15, 0.2) is 103 Å². The molecule has 3 amide bonds. The summed E-state index contributed by atoms with van der Waals surface area (Å²) in [6.07, 6.45) is 18.3. The third-order valence-electron chi connectivity index (χ3n) is 22.6. The summed E-state index contributed by atoms with van der Waals surface area (Å²) < 4.78 is 16.2. The van der Waals surface area contributed by atoms with Gasteiger partial charge in [-0.2, -0.15) is 24.9 Å². The Morgan fingerprint density at radius 3 is 0.884 bits per heavy atom. The van der Waals surface area contributed by atoms with E-state index in [1.807, 2.05) is 106 Å². The lowest BCUT2D eigenvalue weighted by atomic mass is 10.1. The van der Waals surface area contributed by atoms with E-state index in [2.05, 4.69) is 154 Å². The fourth-order valence-corrected chi connectivity index (χ4v) is 16.7. The predicted octanol–water partition coefficient (Wildman–Crippen LogP) is 20.5. The van der Waals surface area contributed by atoms with Gasteiger partial charge in [0.1, 0.15) is 72.3 Å². The molecular weight excluding hydrogens is 1920 g/mol. The number of carbonyl (C=O) groups excluding carboxylic acids is 3. The number of nitrogens with one attached hydrogen (secondary N) is 5. The summed E-state index contributed by atoms with van der Waals surface area (Å²) >= 11 is 43.5. The molecule has 9 aliphatic rings. The number of halogens is 8. The molecular formula is C98H144Cl8N26O6. The summed E-state index contributed by atoms with van der Waals surface area (Å²) in [7, 11) is 0. The number of piperidine rings is 5. The fourth-order valence-electron chi connectivity index (χ4n) is 15.5. The summed E-state index contributed by atoms with van der Waals surface area (Å²) in [4.78, 5) is 101. The topological polar surface area (TPSA) is 326 Å². The SMILES string of the molecule is C1CCNCC1.CC(C)(C)OC(=O)N1CCN(c2nc(Cl)cc(N3CCCCC3)n2)CC1.CC(C)(C)OC(=O)N1CCNCC1.Cc1ccc(N)cc1.Cc1ccc(Nc2cc(N3CCCCC3)nc(N3CCN(C(=O)OC(C)(C)C)CC3)n2)cc1.Cc1ccc(Nc2cc(N3CCCCC3)nc(N3CCNCC3)n2)cc1.ClCCl.Clc1cc(Cl)nc(Cl)n1.Clc1cc(N2CCCCC2)nc(Cl)n1. The summed E-state index contributed by atoms with van der Waals surface area (Å²) in [6.45, 7) is 46.1. The molecule has 5 aromatic heterocycles. The highest BCUT2D eigenvalue weighted by Gasteiger charge is 2.32. The number of benzene rings is 3. The second kappa shape index (κ2) is 58.5. The maximum Gasteiger partial charge on any atom is 0.410 e. The number of aromatic nitrogens is 10. The first-order valence-corrected chi connectivity index (χ1v) is 51.6. The van der Waals surface area contributed by atoms with Crippen molar-refractivity contribution in [2.45, 2.75) is 196 Å². The lowest BCUT2D eigenvalue weighted by Crippen LogP contribution is -2.50. The smallest absolute Gasteiger partial charge is 0.410 e. The monoisotopic (exact) mass is 2060 g/mol. The number of nitrogen functional groups attached to an aromatic ring is 1. The number of piperazine rings is 4. The molecule has 0 saturated carbocycles. The van der Waals surface area contributed by atoms with Crippen LogP contribution in [0.2, 0.25) is 31.2 Å². The van der Waals surface area contributed by atoms with Gasteiger partial charge in [0.05, 0.1) is 5.34 Å². The molecule has 32 nitrogen and oxygen atoms in total. The van der Waals surface area contributed by atoms with Crippen LogP contribution >= 0.6 is 92.8 Å². The highest BCUT2D eigenvalue weighted by atomic mass is 35.5. The number of hydrogen-bond acceptors (Lipinski definition) is 29. The second-order valence-corrected chi connectivity index (χ2v) is 40.7. The number of amides is 3. The number of alkyl halides is 2. The van der Waals surface area contributed by atoms with Gasteiger partial charge in [-0.05, 0) is 246 Å². The third-order valence-corrected chi connectivity index (χ3v) is 23.7. The molecule has 758 valence electrons. The van der Waals surface area contributed by atoms with Crippen LogP contribution in [0.25, 0.3) is 0 Å². The largest absolute Gasteiger partial charge is 0.444 e. The molecule has 9 fully saturated rings. The van der Waals surface area contributed by atoms with E-state index >= 15 is 0 Å². The second-order valence-electron chi connectivity index (χ2n) is 37.6. The molecule has 9 saturated heterocycles.